The van der Waals surface area contributed by atoms with Crippen LogP contribution in [0.4, 0.5) is 5.69 Å². The number of nitrogens with zero attached hydrogens (tertiary/aromatic N) is 1. The zero-order valence-corrected chi connectivity index (χ0v) is 16.1. The van der Waals surface area contributed by atoms with Gasteiger partial charge in [0.2, 0.25) is 5.91 Å². The van der Waals surface area contributed by atoms with Crippen LogP contribution in [0.3, 0.4) is 0 Å². The van der Waals surface area contributed by atoms with Gasteiger partial charge in [-0.3, -0.25) is 9.59 Å². The average Bonchev–Trinajstić information content (AvgIpc) is 3.10. The van der Waals surface area contributed by atoms with Gasteiger partial charge in [0, 0.05) is 28.7 Å². The molecule has 5 nitrogen and oxygen atoms in total. The fourth-order valence-electron chi connectivity index (χ4n) is 2.67. The Bertz CT molecular complexity index is 965. The molecule has 0 radical (unpaired) electrons. The van der Waals surface area contributed by atoms with Crippen LogP contribution in [0.1, 0.15) is 28.5 Å². The van der Waals surface area contributed by atoms with Crippen molar-refractivity contribution in [2.45, 2.75) is 20.3 Å². The Morgan fingerprint density at radius 2 is 1.93 bits per heavy atom. The summed E-state index contributed by atoms with van der Waals surface area (Å²) in [4.78, 5) is 28.8. The van der Waals surface area contributed by atoms with Crippen molar-refractivity contribution in [1.82, 2.24) is 10.3 Å². The van der Waals surface area contributed by atoms with Gasteiger partial charge in [-0.2, -0.15) is 0 Å². The average molecular weight is 379 g/mol. The first-order valence-electron chi connectivity index (χ1n) is 8.74. The summed E-state index contributed by atoms with van der Waals surface area (Å²) in [6.45, 7) is 4.46. The fourth-order valence-corrected chi connectivity index (χ4v) is 3.49. The molecule has 0 aliphatic carbocycles. The van der Waals surface area contributed by atoms with E-state index in [1.165, 1.54) is 16.9 Å². The monoisotopic (exact) mass is 379 g/mol. The van der Waals surface area contributed by atoms with Gasteiger partial charge in [0.1, 0.15) is 5.01 Å². The van der Waals surface area contributed by atoms with Crippen LogP contribution in [0.15, 0.2) is 53.9 Å². The fraction of sp³-hybridized carbons (Fsp3) is 0.190. The Morgan fingerprint density at radius 3 is 2.70 bits per heavy atom. The second-order valence-electron chi connectivity index (χ2n) is 6.18. The molecule has 0 saturated carbocycles. The predicted molar refractivity (Wildman–Crippen MR) is 109 cm³/mol. The lowest BCUT2D eigenvalue weighted by atomic mass is 10.1. The zero-order valence-electron chi connectivity index (χ0n) is 15.3. The number of carbonyl (C=O) groups is 2. The quantitative estimate of drug-likeness (QED) is 0.679. The summed E-state index contributed by atoms with van der Waals surface area (Å²) in [5, 5.41) is 8.38. The molecule has 0 saturated heterocycles. The molecule has 2 aromatic carbocycles. The van der Waals surface area contributed by atoms with Gasteiger partial charge in [-0.1, -0.05) is 29.8 Å². The van der Waals surface area contributed by atoms with Crippen molar-refractivity contribution in [2.24, 2.45) is 0 Å². The van der Waals surface area contributed by atoms with Crippen LogP contribution in [0.2, 0.25) is 0 Å². The van der Waals surface area contributed by atoms with Gasteiger partial charge in [-0.25, -0.2) is 4.98 Å². The highest BCUT2D eigenvalue weighted by Crippen LogP contribution is 2.24. The summed E-state index contributed by atoms with van der Waals surface area (Å²) < 4.78 is 0. The van der Waals surface area contributed by atoms with Gasteiger partial charge in [-0.15, -0.1) is 11.3 Å². The molecule has 0 spiro atoms. The second kappa shape index (κ2) is 8.60. The van der Waals surface area contributed by atoms with E-state index in [0.29, 0.717) is 17.8 Å². The van der Waals surface area contributed by atoms with Gasteiger partial charge in [0.25, 0.3) is 5.91 Å². The van der Waals surface area contributed by atoms with Crippen molar-refractivity contribution >= 4 is 28.8 Å². The van der Waals surface area contributed by atoms with Crippen molar-refractivity contribution in [3.05, 3.63) is 70.7 Å². The number of nitrogens with one attached hydrogen (secondary N) is 2. The van der Waals surface area contributed by atoms with Gasteiger partial charge >= 0.3 is 0 Å². The van der Waals surface area contributed by atoms with Gasteiger partial charge in [0.15, 0.2) is 0 Å². The molecular formula is C21H21N3O2S. The topological polar surface area (TPSA) is 71.1 Å². The number of hydrogen-bond acceptors (Lipinski definition) is 4. The first-order valence-corrected chi connectivity index (χ1v) is 9.62. The third-order valence-corrected chi connectivity index (χ3v) is 4.84. The molecule has 0 unspecified atom stereocenters. The minimum atomic E-state index is -0.163. The van der Waals surface area contributed by atoms with Gasteiger partial charge in [0.05, 0.1) is 12.1 Å². The van der Waals surface area contributed by atoms with E-state index >= 15 is 0 Å². The molecule has 3 aromatic rings. The number of amides is 2. The van der Waals surface area contributed by atoms with E-state index in [4.69, 9.17) is 0 Å². The zero-order chi connectivity index (χ0) is 19.2. The van der Waals surface area contributed by atoms with E-state index in [1.807, 2.05) is 37.4 Å². The van der Waals surface area contributed by atoms with Crippen LogP contribution in [0.25, 0.3) is 10.6 Å². The molecule has 1 aromatic heterocycles. The Kier molecular flexibility index (Phi) is 5.98. The Hall–Kier alpha value is -2.99. The molecule has 0 aliphatic heterocycles. The number of anilines is 1. The van der Waals surface area contributed by atoms with Crippen LogP contribution >= 0.6 is 11.3 Å². The van der Waals surface area contributed by atoms with E-state index in [0.717, 1.165) is 16.3 Å². The van der Waals surface area contributed by atoms with Gasteiger partial charge in [-0.05, 0) is 38.1 Å². The van der Waals surface area contributed by atoms with Crippen LogP contribution < -0.4 is 10.6 Å². The third kappa shape index (κ3) is 5.01. The van der Waals surface area contributed by atoms with Crippen molar-refractivity contribution in [2.75, 3.05) is 11.9 Å². The number of aromatic nitrogens is 1. The van der Waals surface area contributed by atoms with E-state index < -0.39 is 0 Å². The molecule has 2 amide bonds. The number of hydrogen-bond donors (Lipinski definition) is 2. The molecule has 2 N–H and O–H groups in total. The highest BCUT2D eigenvalue weighted by atomic mass is 32.1. The molecular weight excluding hydrogens is 358 g/mol. The molecule has 138 valence electrons. The minimum absolute atomic E-state index is 0.157. The summed E-state index contributed by atoms with van der Waals surface area (Å²) in [7, 11) is 0. The molecule has 1 heterocycles. The lowest BCUT2D eigenvalue weighted by Gasteiger charge is -2.07. The van der Waals surface area contributed by atoms with Crippen LogP contribution in [0.5, 0.6) is 0 Å². The number of benzene rings is 2. The molecule has 0 aliphatic rings. The van der Waals surface area contributed by atoms with E-state index in [2.05, 4.69) is 21.7 Å². The van der Waals surface area contributed by atoms with Crippen LogP contribution in [-0.4, -0.2) is 23.3 Å². The van der Waals surface area contributed by atoms with Crippen molar-refractivity contribution in [3.8, 4) is 10.6 Å². The molecule has 0 fully saturated rings. The Balaban J connectivity index is 1.65. The number of carbonyl (C=O) groups excluding carboxylic acids is 2. The summed E-state index contributed by atoms with van der Waals surface area (Å²) in [5.41, 5.74) is 4.08. The number of rotatable bonds is 6. The molecule has 0 bridgehead atoms. The lowest BCUT2D eigenvalue weighted by Crippen LogP contribution is -2.23. The smallest absolute Gasteiger partial charge is 0.251 e. The molecule has 3 rings (SSSR count). The van der Waals surface area contributed by atoms with Crippen LogP contribution in [-0.2, 0) is 11.2 Å². The van der Waals surface area contributed by atoms with Crippen molar-refractivity contribution < 1.29 is 9.59 Å². The van der Waals surface area contributed by atoms with Gasteiger partial charge < -0.3 is 10.6 Å². The normalized spacial score (nSPS) is 10.4. The summed E-state index contributed by atoms with van der Waals surface area (Å²) in [6, 6.07) is 15.0. The molecule has 0 atom stereocenters. The van der Waals surface area contributed by atoms with Crippen LogP contribution in [0, 0.1) is 6.92 Å². The maximum atomic E-state index is 12.3. The first kappa shape index (κ1) is 18.8. The standard InChI is InChI=1S/C21H21N3O2S/c1-3-22-20(26)15-7-5-9-17(11-15)23-19(25)12-18-13-27-21(24-18)16-8-4-6-14(2)10-16/h4-11,13H,3,12H2,1-2H3,(H,22,26)(H,23,25). The third-order valence-electron chi connectivity index (χ3n) is 3.90. The second-order valence-corrected chi connectivity index (χ2v) is 7.04. The molecule has 27 heavy (non-hydrogen) atoms. The Morgan fingerprint density at radius 1 is 1.11 bits per heavy atom. The highest BCUT2D eigenvalue weighted by Gasteiger charge is 2.11. The largest absolute Gasteiger partial charge is 0.352 e. The summed E-state index contributed by atoms with van der Waals surface area (Å²) in [5.74, 6) is -0.319. The lowest BCUT2D eigenvalue weighted by molar-refractivity contribution is -0.115. The highest BCUT2D eigenvalue weighted by molar-refractivity contribution is 7.13. The van der Waals surface area contributed by atoms with E-state index in [-0.39, 0.29) is 18.2 Å². The molecule has 6 heteroatoms. The predicted octanol–water partition coefficient (Wildman–Crippen LogP) is 4.05. The maximum absolute atomic E-state index is 12.3. The van der Waals surface area contributed by atoms with Crippen molar-refractivity contribution in [3.63, 3.8) is 0 Å². The van der Waals surface area contributed by atoms with E-state index in [1.54, 1.807) is 24.3 Å². The number of aryl methyl sites for hydroxylation is 1. The van der Waals surface area contributed by atoms with Crippen molar-refractivity contribution in [1.29, 1.82) is 0 Å². The minimum Gasteiger partial charge on any atom is -0.352 e. The maximum Gasteiger partial charge on any atom is 0.251 e. The number of thiazole rings is 1. The summed E-state index contributed by atoms with van der Waals surface area (Å²) >= 11 is 1.53. The summed E-state index contributed by atoms with van der Waals surface area (Å²) in [6.07, 6.45) is 0.188. The SMILES string of the molecule is CCNC(=O)c1cccc(NC(=O)Cc2csc(-c3cccc(C)c3)n2)c1. The van der Waals surface area contributed by atoms with E-state index in [9.17, 15) is 9.59 Å². The first-order chi connectivity index (χ1) is 13.0. The Labute approximate surface area is 162 Å².